The van der Waals surface area contributed by atoms with E-state index in [1.807, 2.05) is 6.07 Å². The van der Waals surface area contributed by atoms with E-state index in [2.05, 4.69) is 10.3 Å². The summed E-state index contributed by atoms with van der Waals surface area (Å²) in [6, 6.07) is 12.2. The molecule has 30 heavy (non-hydrogen) atoms. The molecule has 4 rings (SSSR count). The molecule has 0 bridgehead atoms. The molecular formula is C21H23N5O3S. The van der Waals surface area contributed by atoms with Gasteiger partial charge in [-0.15, -0.1) is 0 Å². The molecular weight excluding hydrogens is 402 g/mol. The number of ether oxygens (including phenoxy) is 1. The van der Waals surface area contributed by atoms with E-state index in [1.54, 1.807) is 36.4 Å². The van der Waals surface area contributed by atoms with Crippen LogP contribution in [0.25, 0.3) is 11.0 Å². The number of aromatic nitrogens is 2. The lowest BCUT2D eigenvalue weighted by atomic mass is 9.92. The maximum Gasteiger partial charge on any atom is 0.269 e. The van der Waals surface area contributed by atoms with E-state index in [-0.39, 0.29) is 23.6 Å². The van der Waals surface area contributed by atoms with Crippen molar-refractivity contribution in [1.82, 2.24) is 8.96 Å². The smallest absolute Gasteiger partial charge is 0.269 e. The van der Waals surface area contributed by atoms with Crippen LogP contribution in [0.4, 0.5) is 11.4 Å². The fourth-order valence-corrected chi connectivity index (χ4v) is 5.20. The Balaban J connectivity index is 1.60. The number of benzene rings is 1. The van der Waals surface area contributed by atoms with Crippen molar-refractivity contribution in [2.75, 3.05) is 17.7 Å². The molecule has 0 radical (unpaired) electrons. The first-order chi connectivity index (χ1) is 14.5. The van der Waals surface area contributed by atoms with Crippen LogP contribution in [0.5, 0.6) is 0 Å². The monoisotopic (exact) mass is 425 g/mol. The van der Waals surface area contributed by atoms with Crippen LogP contribution in [0, 0.1) is 11.3 Å². The molecule has 2 heterocycles. The minimum atomic E-state index is -3.76. The highest BCUT2D eigenvalue weighted by atomic mass is 32.2. The van der Waals surface area contributed by atoms with Gasteiger partial charge in [0.05, 0.1) is 34.6 Å². The van der Waals surface area contributed by atoms with Crippen LogP contribution < -0.4 is 11.1 Å². The number of nitriles is 1. The second kappa shape index (κ2) is 8.34. The van der Waals surface area contributed by atoms with Crippen LogP contribution >= 0.6 is 0 Å². The quantitative estimate of drug-likeness (QED) is 0.622. The van der Waals surface area contributed by atoms with Crippen molar-refractivity contribution in [2.45, 2.75) is 42.7 Å². The first-order valence-corrected chi connectivity index (χ1v) is 11.3. The molecule has 0 saturated heterocycles. The Hall–Kier alpha value is -3.09. The fourth-order valence-electron chi connectivity index (χ4n) is 3.87. The molecule has 1 aliphatic rings. The van der Waals surface area contributed by atoms with Gasteiger partial charge in [0.15, 0.2) is 5.65 Å². The van der Waals surface area contributed by atoms with Crippen molar-refractivity contribution in [3.05, 3.63) is 48.8 Å². The average Bonchev–Trinajstić information content (AvgIpc) is 3.21. The lowest BCUT2D eigenvalue weighted by Gasteiger charge is -2.29. The third-order valence-electron chi connectivity index (χ3n) is 5.42. The number of nitrogens with two attached hydrogens (primary N) is 1. The highest BCUT2D eigenvalue weighted by Gasteiger charge is 2.25. The van der Waals surface area contributed by atoms with Crippen molar-refractivity contribution in [3.8, 4) is 6.07 Å². The molecule has 3 aromatic rings. The maximum atomic E-state index is 13.1. The number of rotatable bonds is 6. The van der Waals surface area contributed by atoms with Gasteiger partial charge in [-0.1, -0.05) is 18.2 Å². The van der Waals surface area contributed by atoms with Gasteiger partial charge in [-0.05, 0) is 43.9 Å². The van der Waals surface area contributed by atoms with Gasteiger partial charge in [0.1, 0.15) is 6.61 Å². The molecule has 8 nitrogen and oxygen atoms in total. The van der Waals surface area contributed by atoms with Gasteiger partial charge in [-0.25, -0.2) is 17.4 Å². The maximum absolute atomic E-state index is 13.1. The van der Waals surface area contributed by atoms with Crippen molar-refractivity contribution in [1.29, 1.82) is 5.26 Å². The largest absolute Gasteiger partial charge is 0.396 e. The Morgan fingerprint density at radius 1 is 1.20 bits per heavy atom. The van der Waals surface area contributed by atoms with Crippen molar-refractivity contribution >= 4 is 32.4 Å². The van der Waals surface area contributed by atoms with Crippen molar-refractivity contribution in [2.24, 2.45) is 0 Å². The van der Waals surface area contributed by atoms with Crippen LogP contribution in [0.1, 0.15) is 25.7 Å². The Bertz CT molecular complexity index is 1180. The van der Waals surface area contributed by atoms with Gasteiger partial charge < -0.3 is 15.8 Å². The third kappa shape index (κ3) is 3.84. The van der Waals surface area contributed by atoms with E-state index in [0.717, 1.165) is 25.7 Å². The molecule has 1 fully saturated rings. The van der Waals surface area contributed by atoms with Crippen LogP contribution in [-0.4, -0.2) is 36.1 Å². The predicted octanol–water partition coefficient (Wildman–Crippen LogP) is 3.12. The summed E-state index contributed by atoms with van der Waals surface area (Å²) in [5.74, 6) is 0. The average molecular weight is 426 g/mol. The van der Waals surface area contributed by atoms with E-state index in [1.165, 1.54) is 16.4 Å². The minimum Gasteiger partial charge on any atom is -0.396 e. The summed E-state index contributed by atoms with van der Waals surface area (Å²) in [7, 11) is -3.76. The number of hydrogen-bond donors (Lipinski definition) is 2. The normalized spacial score (nSPS) is 19.4. The molecule has 0 amide bonds. The Morgan fingerprint density at radius 3 is 2.63 bits per heavy atom. The molecule has 3 N–H and O–H groups in total. The fraction of sp³-hybridized carbons (Fsp3) is 0.333. The van der Waals surface area contributed by atoms with Gasteiger partial charge in [0.25, 0.3) is 10.0 Å². The van der Waals surface area contributed by atoms with E-state index >= 15 is 0 Å². The van der Waals surface area contributed by atoms with Crippen molar-refractivity contribution in [3.63, 3.8) is 0 Å². The Kier molecular flexibility index (Phi) is 5.61. The number of pyridine rings is 1. The number of nitrogens with zero attached hydrogens (tertiary/aromatic N) is 3. The first-order valence-electron chi connectivity index (χ1n) is 9.82. The van der Waals surface area contributed by atoms with E-state index in [4.69, 9.17) is 15.7 Å². The molecule has 1 aromatic carbocycles. The predicted molar refractivity (Wildman–Crippen MR) is 114 cm³/mol. The minimum absolute atomic E-state index is 0.106. The number of fused-ring (bicyclic) bond motifs is 1. The van der Waals surface area contributed by atoms with Crippen LogP contribution in [0.15, 0.2) is 53.7 Å². The molecule has 0 aliphatic heterocycles. The van der Waals surface area contributed by atoms with E-state index < -0.39 is 10.0 Å². The molecule has 0 atom stereocenters. The molecule has 1 aliphatic carbocycles. The zero-order valence-corrected chi connectivity index (χ0v) is 17.2. The van der Waals surface area contributed by atoms with Gasteiger partial charge in [0.2, 0.25) is 0 Å². The first kappa shape index (κ1) is 20.2. The Labute approximate surface area is 175 Å². The van der Waals surface area contributed by atoms with Gasteiger partial charge in [-0.3, -0.25) is 0 Å². The number of hydrogen-bond acceptors (Lipinski definition) is 7. The SMILES string of the molecule is N#CCOC1CCC(Nc2c(N)cnc3c2ccn3S(=O)(=O)c2ccccc2)CC1. The Morgan fingerprint density at radius 2 is 1.93 bits per heavy atom. The second-order valence-corrected chi connectivity index (χ2v) is 9.16. The standard InChI is InChI=1S/C21H23N5O3S/c22-11-13-29-16-8-6-15(7-9-16)25-20-18-10-12-26(21(18)24-14-19(20)23)30(27,28)17-4-2-1-3-5-17/h1-5,10,12,14-16H,6-9,13,23H2,(H,24,25). The third-order valence-corrected chi connectivity index (χ3v) is 7.10. The number of nitrogens with one attached hydrogen (secondary N) is 1. The molecule has 0 spiro atoms. The summed E-state index contributed by atoms with van der Waals surface area (Å²) in [4.78, 5) is 4.50. The van der Waals surface area contributed by atoms with Crippen LogP contribution in [0.3, 0.4) is 0 Å². The summed E-state index contributed by atoms with van der Waals surface area (Å²) in [5, 5.41) is 12.8. The highest BCUT2D eigenvalue weighted by molar-refractivity contribution is 7.90. The van der Waals surface area contributed by atoms with E-state index in [9.17, 15) is 8.42 Å². The molecule has 1 saturated carbocycles. The molecule has 9 heteroatoms. The van der Waals surface area contributed by atoms with Gasteiger partial charge >= 0.3 is 0 Å². The van der Waals surface area contributed by atoms with Crippen LogP contribution in [0.2, 0.25) is 0 Å². The lowest BCUT2D eigenvalue weighted by Crippen LogP contribution is -2.30. The topological polar surface area (TPSA) is 123 Å². The van der Waals surface area contributed by atoms with Crippen molar-refractivity contribution < 1.29 is 13.2 Å². The zero-order valence-electron chi connectivity index (χ0n) is 16.4. The zero-order chi connectivity index (χ0) is 21.1. The number of nitrogen functional groups attached to an aromatic ring is 1. The van der Waals surface area contributed by atoms with Gasteiger partial charge in [0, 0.05) is 17.6 Å². The summed E-state index contributed by atoms with van der Waals surface area (Å²) in [6.45, 7) is 0.115. The summed E-state index contributed by atoms with van der Waals surface area (Å²) < 4.78 is 32.8. The summed E-state index contributed by atoms with van der Waals surface area (Å²) >= 11 is 0. The van der Waals surface area contributed by atoms with Gasteiger partial charge in [-0.2, -0.15) is 5.26 Å². The number of anilines is 2. The molecule has 156 valence electrons. The van der Waals surface area contributed by atoms with Crippen LogP contribution in [-0.2, 0) is 14.8 Å². The second-order valence-electron chi connectivity index (χ2n) is 7.34. The highest BCUT2D eigenvalue weighted by Crippen LogP contribution is 2.33. The lowest BCUT2D eigenvalue weighted by molar-refractivity contribution is 0.0467. The molecule has 0 unspecified atom stereocenters. The molecule has 2 aromatic heterocycles. The van der Waals surface area contributed by atoms with E-state index in [0.29, 0.717) is 22.4 Å². The summed E-state index contributed by atoms with van der Waals surface area (Å²) in [5.41, 5.74) is 7.69. The summed E-state index contributed by atoms with van der Waals surface area (Å²) in [6.07, 6.45) is 6.58.